The third kappa shape index (κ3) is 2.76. The number of benzene rings is 1. The third-order valence-electron chi connectivity index (χ3n) is 3.41. The molecule has 1 aliphatic rings. The molecule has 0 unspecified atom stereocenters. The van der Waals surface area contributed by atoms with Gasteiger partial charge >= 0.3 is 0 Å². The van der Waals surface area contributed by atoms with Crippen LogP contribution in [0.4, 0.5) is 0 Å². The van der Waals surface area contributed by atoms with Gasteiger partial charge < -0.3 is 10.0 Å². The number of phenols is 1. The van der Waals surface area contributed by atoms with Gasteiger partial charge in [0.05, 0.1) is 0 Å². The summed E-state index contributed by atoms with van der Waals surface area (Å²) >= 11 is 0. The fourth-order valence-electron chi connectivity index (χ4n) is 2.59. The molecule has 0 bridgehead atoms. The summed E-state index contributed by atoms with van der Waals surface area (Å²) in [6, 6.07) is 7.73. The van der Waals surface area contributed by atoms with Crippen LogP contribution in [0.2, 0.25) is 0 Å². The molecule has 16 heavy (non-hydrogen) atoms. The average molecular weight is 219 g/mol. The molecule has 1 atom stereocenters. The highest BCUT2D eigenvalue weighted by atomic mass is 16.3. The van der Waals surface area contributed by atoms with Crippen LogP contribution in [-0.4, -0.2) is 29.6 Å². The molecule has 1 fully saturated rings. The first-order valence-electron chi connectivity index (χ1n) is 6.31. The number of phenolic OH excluding ortho intramolecular Hbond substituents is 1. The first kappa shape index (κ1) is 11.5. The standard InChI is InChI=1S/C14H21NO/c1-2-9-15-10-3-4-13(11-15)12-5-7-14(16)8-6-12/h5-8,13,16H,2-4,9-11H2,1H3/t13-/m0/s1. The van der Waals surface area contributed by atoms with Crippen LogP contribution in [-0.2, 0) is 0 Å². The summed E-state index contributed by atoms with van der Waals surface area (Å²) in [7, 11) is 0. The molecule has 1 saturated heterocycles. The van der Waals surface area contributed by atoms with E-state index in [0.717, 1.165) is 0 Å². The van der Waals surface area contributed by atoms with Crippen LogP contribution in [0.15, 0.2) is 24.3 Å². The maximum absolute atomic E-state index is 9.28. The van der Waals surface area contributed by atoms with Crippen LogP contribution >= 0.6 is 0 Å². The molecule has 1 aromatic carbocycles. The summed E-state index contributed by atoms with van der Waals surface area (Å²) in [6.45, 7) is 5.89. The summed E-state index contributed by atoms with van der Waals surface area (Å²) in [5, 5.41) is 9.28. The van der Waals surface area contributed by atoms with Crippen molar-refractivity contribution in [2.75, 3.05) is 19.6 Å². The van der Waals surface area contributed by atoms with E-state index in [1.54, 1.807) is 12.1 Å². The van der Waals surface area contributed by atoms with E-state index < -0.39 is 0 Å². The van der Waals surface area contributed by atoms with Crippen molar-refractivity contribution in [3.05, 3.63) is 29.8 Å². The lowest BCUT2D eigenvalue weighted by Gasteiger charge is -2.32. The maximum Gasteiger partial charge on any atom is 0.115 e. The summed E-state index contributed by atoms with van der Waals surface area (Å²) in [4.78, 5) is 2.56. The van der Waals surface area contributed by atoms with Crippen molar-refractivity contribution in [2.45, 2.75) is 32.1 Å². The molecule has 0 aromatic heterocycles. The van der Waals surface area contributed by atoms with Gasteiger partial charge in [-0.1, -0.05) is 19.1 Å². The second-order valence-electron chi connectivity index (χ2n) is 4.73. The molecule has 0 amide bonds. The Bertz CT molecular complexity index is 318. The van der Waals surface area contributed by atoms with Gasteiger partial charge in [-0.2, -0.15) is 0 Å². The quantitative estimate of drug-likeness (QED) is 0.844. The summed E-state index contributed by atoms with van der Waals surface area (Å²) in [5.41, 5.74) is 1.37. The van der Waals surface area contributed by atoms with Crippen LogP contribution in [0.3, 0.4) is 0 Å². The van der Waals surface area contributed by atoms with E-state index in [1.807, 2.05) is 0 Å². The first-order chi connectivity index (χ1) is 7.79. The average Bonchev–Trinajstić information content (AvgIpc) is 2.31. The van der Waals surface area contributed by atoms with Crippen molar-refractivity contribution in [3.8, 4) is 5.75 Å². The topological polar surface area (TPSA) is 23.5 Å². The summed E-state index contributed by atoms with van der Waals surface area (Å²) < 4.78 is 0. The third-order valence-corrected chi connectivity index (χ3v) is 3.41. The minimum atomic E-state index is 0.366. The second-order valence-corrected chi connectivity index (χ2v) is 4.73. The van der Waals surface area contributed by atoms with Crippen molar-refractivity contribution in [1.82, 2.24) is 4.90 Å². The van der Waals surface area contributed by atoms with Crippen LogP contribution in [0.1, 0.15) is 37.7 Å². The van der Waals surface area contributed by atoms with E-state index in [2.05, 4.69) is 24.0 Å². The molecule has 0 spiro atoms. The lowest BCUT2D eigenvalue weighted by atomic mass is 9.90. The van der Waals surface area contributed by atoms with Crippen molar-refractivity contribution < 1.29 is 5.11 Å². The highest BCUT2D eigenvalue weighted by Crippen LogP contribution is 2.27. The molecule has 0 aliphatic carbocycles. The fraction of sp³-hybridized carbons (Fsp3) is 0.571. The second kappa shape index (κ2) is 5.35. The zero-order valence-corrected chi connectivity index (χ0v) is 10.0. The van der Waals surface area contributed by atoms with Crippen LogP contribution in [0.5, 0.6) is 5.75 Å². The predicted molar refractivity (Wildman–Crippen MR) is 66.8 cm³/mol. The zero-order chi connectivity index (χ0) is 11.4. The van der Waals surface area contributed by atoms with Crippen molar-refractivity contribution in [3.63, 3.8) is 0 Å². The number of likely N-dealkylation sites (tertiary alicyclic amines) is 1. The molecule has 2 rings (SSSR count). The van der Waals surface area contributed by atoms with Gasteiger partial charge in [-0.05, 0) is 56.0 Å². The van der Waals surface area contributed by atoms with Gasteiger partial charge in [-0.25, -0.2) is 0 Å². The number of hydrogen-bond acceptors (Lipinski definition) is 2. The molecule has 0 saturated carbocycles. The molecular weight excluding hydrogens is 198 g/mol. The number of nitrogens with zero attached hydrogens (tertiary/aromatic N) is 1. The Morgan fingerprint density at radius 3 is 2.75 bits per heavy atom. The predicted octanol–water partition coefficient (Wildman–Crippen LogP) is 2.98. The molecular formula is C14H21NO. The molecule has 0 radical (unpaired) electrons. The van der Waals surface area contributed by atoms with Gasteiger partial charge in [0.1, 0.15) is 5.75 Å². The maximum atomic E-state index is 9.28. The van der Waals surface area contributed by atoms with Gasteiger partial charge in [0.25, 0.3) is 0 Å². The van der Waals surface area contributed by atoms with E-state index in [9.17, 15) is 5.11 Å². The normalized spacial score (nSPS) is 22.2. The molecule has 2 heteroatoms. The highest BCUT2D eigenvalue weighted by molar-refractivity contribution is 5.28. The first-order valence-corrected chi connectivity index (χ1v) is 6.31. The number of aromatic hydroxyl groups is 1. The van der Waals surface area contributed by atoms with Crippen LogP contribution in [0.25, 0.3) is 0 Å². The van der Waals surface area contributed by atoms with Gasteiger partial charge in [-0.3, -0.25) is 0 Å². The summed E-state index contributed by atoms with van der Waals surface area (Å²) in [5.74, 6) is 1.02. The number of rotatable bonds is 3. The SMILES string of the molecule is CCCN1CCC[C@H](c2ccc(O)cc2)C1. The Balaban J connectivity index is 2.01. The zero-order valence-electron chi connectivity index (χ0n) is 10.0. The van der Waals surface area contributed by atoms with Gasteiger partial charge in [0, 0.05) is 6.54 Å². The van der Waals surface area contributed by atoms with Crippen molar-refractivity contribution >= 4 is 0 Å². The molecule has 2 nitrogen and oxygen atoms in total. The number of hydrogen-bond donors (Lipinski definition) is 1. The van der Waals surface area contributed by atoms with E-state index in [0.29, 0.717) is 11.7 Å². The number of piperidine rings is 1. The smallest absolute Gasteiger partial charge is 0.115 e. The van der Waals surface area contributed by atoms with E-state index >= 15 is 0 Å². The lowest BCUT2D eigenvalue weighted by molar-refractivity contribution is 0.208. The van der Waals surface area contributed by atoms with Gasteiger partial charge in [0.2, 0.25) is 0 Å². The molecule has 1 aromatic rings. The molecule has 1 aliphatic heterocycles. The minimum absolute atomic E-state index is 0.366. The fourth-order valence-corrected chi connectivity index (χ4v) is 2.59. The molecule has 1 heterocycles. The van der Waals surface area contributed by atoms with Crippen LogP contribution in [0, 0.1) is 0 Å². The Hall–Kier alpha value is -1.02. The van der Waals surface area contributed by atoms with Gasteiger partial charge in [0.15, 0.2) is 0 Å². The minimum Gasteiger partial charge on any atom is -0.508 e. The van der Waals surface area contributed by atoms with Gasteiger partial charge in [-0.15, -0.1) is 0 Å². The lowest BCUT2D eigenvalue weighted by Crippen LogP contribution is -2.34. The van der Waals surface area contributed by atoms with Crippen molar-refractivity contribution in [2.24, 2.45) is 0 Å². The van der Waals surface area contributed by atoms with E-state index in [1.165, 1.54) is 44.5 Å². The Morgan fingerprint density at radius 2 is 2.06 bits per heavy atom. The summed E-state index contributed by atoms with van der Waals surface area (Å²) in [6.07, 6.45) is 3.82. The van der Waals surface area contributed by atoms with E-state index in [4.69, 9.17) is 0 Å². The van der Waals surface area contributed by atoms with Crippen LogP contribution < -0.4 is 0 Å². The van der Waals surface area contributed by atoms with Crippen molar-refractivity contribution in [1.29, 1.82) is 0 Å². The van der Waals surface area contributed by atoms with E-state index in [-0.39, 0.29) is 0 Å². The Morgan fingerprint density at radius 1 is 1.31 bits per heavy atom. The largest absolute Gasteiger partial charge is 0.508 e. The Kier molecular flexibility index (Phi) is 3.83. The molecule has 88 valence electrons. The highest BCUT2D eigenvalue weighted by Gasteiger charge is 2.20. The Labute approximate surface area is 97.9 Å². The molecule has 1 N–H and O–H groups in total. The monoisotopic (exact) mass is 219 g/mol.